The van der Waals surface area contributed by atoms with Crippen LogP contribution in [0, 0.1) is 12.8 Å². The van der Waals surface area contributed by atoms with Crippen LogP contribution in [-0.2, 0) is 14.6 Å². The number of nitrogens with zero attached hydrogens (tertiary/aromatic N) is 1. The SMILES string of the molecule is Cc1ncc(-c2ccc(NC(=O)[C@H](C)CS(C)(=O)=O)cc2)o1. The van der Waals surface area contributed by atoms with Gasteiger partial charge in [-0.1, -0.05) is 6.92 Å². The summed E-state index contributed by atoms with van der Waals surface area (Å²) < 4.78 is 27.8. The van der Waals surface area contributed by atoms with Gasteiger partial charge in [-0.2, -0.15) is 0 Å². The van der Waals surface area contributed by atoms with Crippen molar-refractivity contribution in [2.75, 3.05) is 17.3 Å². The molecule has 0 aliphatic carbocycles. The molecular formula is C15H18N2O4S. The summed E-state index contributed by atoms with van der Waals surface area (Å²) in [6, 6.07) is 7.07. The summed E-state index contributed by atoms with van der Waals surface area (Å²) in [5, 5.41) is 2.70. The first kappa shape index (κ1) is 16.2. The zero-order chi connectivity index (χ0) is 16.3. The molecule has 2 aromatic rings. The van der Waals surface area contributed by atoms with Crippen LogP contribution >= 0.6 is 0 Å². The van der Waals surface area contributed by atoms with Gasteiger partial charge in [0.2, 0.25) is 5.91 Å². The molecule has 0 bridgehead atoms. The van der Waals surface area contributed by atoms with Gasteiger partial charge >= 0.3 is 0 Å². The smallest absolute Gasteiger partial charge is 0.228 e. The van der Waals surface area contributed by atoms with Crippen LogP contribution in [0.1, 0.15) is 12.8 Å². The van der Waals surface area contributed by atoms with Crippen LogP contribution < -0.4 is 5.32 Å². The molecule has 118 valence electrons. The van der Waals surface area contributed by atoms with E-state index in [0.29, 0.717) is 17.3 Å². The molecular weight excluding hydrogens is 304 g/mol. The number of aryl methyl sites for hydroxylation is 1. The predicted octanol–water partition coefficient (Wildman–Crippen LogP) is 2.27. The zero-order valence-electron chi connectivity index (χ0n) is 12.7. The average molecular weight is 322 g/mol. The van der Waals surface area contributed by atoms with Crippen LogP contribution in [0.4, 0.5) is 5.69 Å². The van der Waals surface area contributed by atoms with Crippen LogP contribution in [0.2, 0.25) is 0 Å². The molecule has 6 nitrogen and oxygen atoms in total. The molecule has 0 spiro atoms. The molecule has 0 aliphatic rings. The first-order chi connectivity index (χ1) is 10.2. The number of carbonyl (C=O) groups is 1. The Labute approximate surface area is 129 Å². The van der Waals surface area contributed by atoms with Gasteiger partial charge in [-0.25, -0.2) is 13.4 Å². The molecule has 22 heavy (non-hydrogen) atoms. The van der Waals surface area contributed by atoms with Crippen molar-refractivity contribution in [3.8, 4) is 11.3 Å². The number of nitrogens with one attached hydrogen (secondary N) is 1. The third-order valence-corrected chi connectivity index (χ3v) is 4.16. The molecule has 0 saturated heterocycles. The van der Waals surface area contributed by atoms with E-state index in [1.165, 1.54) is 0 Å². The van der Waals surface area contributed by atoms with Crippen molar-refractivity contribution < 1.29 is 17.6 Å². The Kier molecular flexibility index (Phi) is 4.65. The third-order valence-electron chi connectivity index (χ3n) is 3.06. The minimum absolute atomic E-state index is 0.172. The minimum atomic E-state index is -3.18. The second-order valence-corrected chi connectivity index (χ2v) is 7.49. The number of hydrogen-bond donors (Lipinski definition) is 1. The second kappa shape index (κ2) is 6.31. The van der Waals surface area contributed by atoms with Crippen LogP contribution in [0.25, 0.3) is 11.3 Å². The highest BCUT2D eigenvalue weighted by molar-refractivity contribution is 7.90. The Balaban J connectivity index is 2.03. The van der Waals surface area contributed by atoms with Gasteiger partial charge in [0.05, 0.1) is 11.9 Å². The molecule has 0 unspecified atom stereocenters. The first-order valence-corrected chi connectivity index (χ1v) is 8.82. The molecule has 0 fully saturated rings. The fourth-order valence-corrected chi connectivity index (χ4v) is 3.07. The van der Waals surface area contributed by atoms with Crippen LogP contribution in [0.3, 0.4) is 0 Å². The Morgan fingerprint density at radius 1 is 1.32 bits per heavy atom. The number of anilines is 1. The molecule has 1 aromatic carbocycles. The highest BCUT2D eigenvalue weighted by Crippen LogP contribution is 2.22. The van der Waals surface area contributed by atoms with Gasteiger partial charge in [0.15, 0.2) is 11.7 Å². The van der Waals surface area contributed by atoms with E-state index in [-0.39, 0.29) is 11.7 Å². The fourth-order valence-electron chi connectivity index (χ4n) is 2.01. The van der Waals surface area contributed by atoms with Crippen molar-refractivity contribution >= 4 is 21.4 Å². The predicted molar refractivity (Wildman–Crippen MR) is 84.2 cm³/mol. The van der Waals surface area contributed by atoms with E-state index >= 15 is 0 Å². The van der Waals surface area contributed by atoms with Crippen molar-refractivity contribution in [3.05, 3.63) is 36.4 Å². The van der Waals surface area contributed by atoms with Crippen molar-refractivity contribution in [2.45, 2.75) is 13.8 Å². The van der Waals surface area contributed by atoms with Crippen molar-refractivity contribution in [1.82, 2.24) is 4.98 Å². The zero-order valence-corrected chi connectivity index (χ0v) is 13.5. The molecule has 1 aromatic heterocycles. The molecule has 2 rings (SSSR count). The summed E-state index contributed by atoms with van der Waals surface area (Å²) in [5.41, 5.74) is 1.45. The number of sulfone groups is 1. The van der Waals surface area contributed by atoms with E-state index in [4.69, 9.17) is 4.42 Å². The van der Waals surface area contributed by atoms with E-state index in [0.717, 1.165) is 11.8 Å². The van der Waals surface area contributed by atoms with E-state index in [1.807, 2.05) is 0 Å². The molecule has 1 atom stereocenters. The lowest BCUT2D eigenvalue weighted by Crippen LogP contribution is -2.26. The second-order valence-electron chi connectivity index (χ2n) is 5.30. The molecule has 7 heteroatoms. The normalized spacial score (nSPS) is 12.9. The number of rotatable bonds is 5. The lowest BCUT2D eigenvalue weighted by Gasteiger charge is -2.11. The van der Waals surface area contributed by atoms with Gasteiger partial charge < -0.3 is 9.73 Å². The van der Waals surface area contributed by atoms with Gasteiger partial charge in [0, 0.05) is 30.3 Å². The lowest BCUT2D eigenvalue weighted by molar-refractivity contribution is -0.118. The summed E-state index contributed by atoms with van der Waals surface area (Å²) in [7, 11) is -3.18. The molecule has 0 radical (unpaired) electrons. The van der Waals surface area contributed by atoms with Gasteiger partial charge in [-0.15, -0.1) is 0 Å². The molecule has 0 aliphatic heterocycles. The molecule has 1 amide bonds. The Morgan fingerprint density at radius 2 is 1.95 bits per heavy atom. The molecule has 1 N–H and O–H groups in total. The highest BCUT2D eigenvalue weighted by Gasteiger charge is 2.18. The molecule has 1 heterocycles. The maximum Gasteiger partial charge on any atom is 0.228 e. The summed E-state index contributed by atoms with van der Waals surface area (Å²) in [6.45, 7) is 3.35. The monoisotopic (exact) mass is 322 g/mol. The number of amides is 1. The van der Waals surface area contributed by atoms with Crippen molar-refractivity contribution in [1.29, 1.82) is 0 Å². The highest BCUT2D eigenvalue weighted by atomic mass is 32.2. The number of carbonyl (C=O) groups excluding carboxylic acids is 1. The van der Waals surface area contributed by atoms with E-state index < -0.39 is 15.8 Å². The number of benzene rings is 1. The van der Waals surface area contributed by atoms with E-state index in [2.05, 4.69) is 10.3 Å². The largest absolute Gasteiger partial charge is 0.441 e. The topological polar surface area (TPSA) is 89.3 Å². The lowest BCUT2D eigenvalue weighted by atomic mass is 10.1. The number of hydrogen-bond acceptors (Lipinski definition) is 5. The fraction of sp³-hybridized carbons (Fsp3) is 0.333. The van der Waals surface area contributed by atoms with Gasteiger partial charge in [0.1, 0.15) is 9.84 Å². The van der Waals surface area contributed by atoms with E-state index in [9.17, 15) is 13.2 Å². The summed E-state index contributed by atoms with van der Waals surface area (Å²) in [6.07, 6.45) is 2.75. The first-order valence-electron chi connectivity index (χ1n) is 6.76. The Morgan fingerprint density at radius 3 is 2.45 bits per heavy atom. The molecule has 0 saturated carbocycles. The quantitative estimate of drug-likeness (QED) is 0.912. The van der Waals surface area contributed by atoms with Gasteiger partial charge in [-0.3, -0.25) is 4.79 Å². The van der Waals surface area contributed by atoms with Crippen LogP contribution in [0.15, 0.2) is 34.9 Å². The third kappa shape index (κ3) is 4.42. The Bertz CT molecular complexity index is 763. The van der Waals surface area contributed by atoms with Gasteiger partial charge in [-0.05, 0) is 24.3 Å². The maximum absolute atomic E-state index is 11.9. The van der Waals surface area contributed by atoms with Crippen molar-refractivity contribution in [2.24, 2.45) is 5.92 Å². The van der Waals surface area contributed by atoms with E-state index in [1.54, 1.807) is 44.3 Å². The van der Waals surface area contributed by atoms with Crippen molar-refractivity contribution in [3.63, 3.8) is 0 Å². The number of oxazole rings is 1. The number of aromatic nitrogens is 1. The maximum atomic E-state index is 11.9. The summed E-state index contributed by atoms with van der Waals surface area (Å²) >= 11 is 0. The Hall–Kier alpha value is -2.15. The summed E-state index contributed by atoms with van der Waals surface area (Å²) in [5.74, 6) is 0.136. The minimum Gasteiger partial charge on any atom is -0.441 e. The summed E-state index contributed by atoms with van der Waals surface area (Å²) in [4.78, 5) is 16.0. The average Bonchev–Trinajstić information content (AvgIpc) is 2.84. The standard InChI is InChI=1S/C15H18N2O4S/c1-10(9-22(3,19)20)15(18)17-13-6-4-12(5-7-13)14-8-16-11(2)21-14/h4-8,10H,9H2,1-3H3,(H,17,18)/t10-/m1/s1. The van der Waals surface area contributed by atoms with Crippen LogP contribution in [-0.4, -0.2) is 31.3 Å². The van der Waals surface area contributed by atoms with Gasteiger partial charge in [0.25, 0.3) is 0 Å². The van der Waals surface area contributed by atoms with Crippen LogP contribution in [0.5, 0.6) is 0 Å².